The lowest BCUT2D eigenvalue weighted by Gasteiger charge is -2.15. The van der Waals surface area contributed by atoms with Gasteiger partial charge in [0.15, 0.2) is 5.96 Å². The molecule has 0 radical (unpaired) electrons. The molecule has 2 rings (SSSR count). The lowest BCUT2D eigenvalue weighted by Crippen LogP contribution is -2.43. The topological polar surface area (TPSA) is 74.8 Å². The van der Waals surface area contributed by atoms with Crippen molar-refractivity contribution in [3.8, 4) is 0 Å². The summed E-state index contributed by atoms with van der Waals surface area (Å²) in [6.07, 6.45) is 1.75. The van der Waals surface area contributed by atoms with E-state index in [1.54, 1.807) is 7.05 Å². The van der Waals surface area contributed by atoms with E-state index in [0.29, 0.717) is 19.1 Å². The van der Waals surface area contributed by atoms with Crippen molar-refractivity contribution in [3.63, 3.8) is 0 Å². The highest BCUT2D eigenvalue weighted by molar-refractivity contribution is 5.86. The van der Waals surface area contributed by atoms with Crippen LogP contribution in [0.1, 0.15) is 30.6 Å². The molecule has 1 amide bonds. The zero-order valence-electron chi connectivity index (χ0n) is 17.4. The summed E-state index contributed by atoms with van der Waals surface area (Å²) in [7, 11) is 1.69. The monoisotopic (exact) mass is 396 g/mol. The Morgan fingerprint density at radius 2 is 1.66 bits per heavy atom. The molecule has 0 aromatic heterocycles. The Hall–Kier alpha value is -2.86. The summed E-state index contributed by atoms with van der Waals surface area (Å²) in [4.78, 5) is 16.1. The zero-order valence-corrected chi connectivity index (χ0v) is 17.4. The minimum Gasteiger partial charge on any atom is -0.374 e. The average molecular weight is 397 g/mol. The molecule has 0 spiro atoms. The van der Waals surface area contributed by atoms with Crippen molar-refractivity contribution in [2.24, 2.45) is 4.99 Å². The molecule has 0 bridgehead atoms. The Morgan fingerprint density at radius 3 is 2.34 bits per heavy atom. The number of ether oxygens (including phenoxy) is 1. The fourth-order valence-corrected chi connectivity index (χ4v) is 2.80. The van der Waals surface area contributed by atoms with Gasteiger partial charge in [-0.05, 0) is 30.9 Å². The van der Waals surface area contributed by atoms with Gasteiger partial charge < -0.3 is 20.7 Å². The van der Waals surface area contributed by atoms with E-state index in [1.165, 1.54) is 11.1 Å². The van der Waals surface area contributed by atoms with Crippen molar-refractivity contribution in [1.82, 2.24) is 16.0 Å². The molecule has 2 aromatic carbocycles. The van der Waals surface area contributed by atoms with Crippen LogP contribution in [0.15, 0.2) is 65.7 Å². The number of carbonyl (C=O) groups excluding carboxylic acids is 1. The minimum absolute atomic E-state index is 0.0519. The Balaban J connectivity index is 1.53. The predicted molar refractivity (Wildman–Crippen MR) is 118 cm³/mol. The predicted octanol–water partition coefficient (Wildman–Crippen LogP) is 2.68. The van der Waals surface area contributed by atoms with Crippen LogP contribution < -0.4 is 16.0 Å². The number of aliphatic imine (C=N–C) groups is 1. The lowest BCUT2D eigenvalue weighted by atomic mass is 10.1. The SMILES string of the molecule is CN=C(NCCCOC(C)c1ccccc1)NCC(=O)NCCc1ccccc1. The first kappa shape index (κ1) is 22.4. The van der Waals surface area contributed by atoms with Crippen LogP contribution in [0, 0.1) is 0 Å². The standard InChI is InChI=1S/C23H32N4O2/c1-19(21-12-7-4-8-13-21)29-17-9-15-26-23(24-2)27-18-22(28)25-16-14-20-10-5-3-6-11-20/h3-8,10-13,19H,9,14-18H2,1-2H3,(H,25,28)(H2,24,26,27). The number of rotatable bonds is 11. The van der Waals surface area contributed by atoms with Gasteiger partial charge in [-0.15, -0.1) is 0 Å². The van der Waals surface area contributed by atoms with Crippen molar-refractivity contribution in [1.29, 1.82) is 0 Å². The molecule has 0 fully saturated rings. The maximum Gasteiger partial charge on any atom is 0.239 e. The van der Waals surface area contributed by atoms with Crippen LogP contribution in [0.5, 0.6) is 0 Å². The summed E-state index contributed by atoms with van der Waals surface area (Å²) < 4.78 is 5.86. The van der Waals surface area contributed by atoms with Gasteiger partial charge in [-0.25, -0.2) is 0 Å². The van der Waals surface area contributed by atoms with Crippen LogP contribution in [0.3, 0.4) is 0 Å². The highest BCUT2D eigenvalue weighted by Gasteiger charge is 2.05. The molecular formula is C23H32N4O2. The Morgan fingerprint density at radius 1 is 0.966 bits per heavy atom. The van der Waals surface area contributed by atoms with E-state index >= 15 is 0 Å². The van der Waals surface area contributed by atoms with Gasteiger partial charge in [-0.2, -0.15) is 0 Å². The molecule has 6 nitrogen and oxygen atoms in total. The third-order valence-electron chi connectivity index (χ3n) is 4.47. The molecule has 2 aromatic rings. The first-order chi connectivity index (χ1) is 14.2. The minimum atomic E-state index is -0.0519. The highest BCUT2D eigenvalue weighted by Crippen LogP contribution is 2.15. The van der Waals surface area contributed by atoms with Gasteiger partial charge in [-0.1, -0.05) is 60.7 Å². The number of benzene rings is 2. The van der Waals surface area contributed by atoms with Crippen molar-refractivity contribution < 1.29 is 9.53 Å². The maximum absolute atomic E-state index is 12.0. The number of guanidine groups is 1. The second-order valence-corrected chi connectivity index (χ2v) is 6.72. The van der Waals surface area contributed by atoms with E-state index in [4.69, 9.17) is 4.74 Å². The van der Waals surface area contributed by atoms with Crippen LogP contribution in [-0.4, -0.2) is 45.2 Å². The normalized spacial score (nSPS) is 12.3. The number of nitrogens with zero attached hydrogens (tertiary/aromatic N) is 1. The summed E-state index contributed by atoms with van der Waals surface area (Å²) in [5, 5.41) is 9.14. The molecule has 29 heavy (non-hydrogen) atoms. The van der Waals surface area contributed by atoms with Crippen molar-refractivity contribution in [2.75, 3.05) is 33.3 Å². The van der Waals surface area contributed by atoms with Gasteiger partial charge in [0.25, 0.3) is 0 Å². The fourth-order valence-electron chi connectivity index (χ4n) is 2.80. The van der Waals surface area contributed by atoms with E-state index in [-0.39, 0.29) is 18.6 Å². The van der Waals surface area contributed by atoms with Gasteiger partial charge in [0.1, 0.15) is 0 Å². The smallest absolute Gasteiger partial charge is 0.239 e. The summed E-state index contributed by atoms with van der Waals surface area (Å²) in [5.41, 5.74) is 2.39. The maximum atomic E-state index is 12.0. The van der Waals surface area contributed by atoms with Gasteiger partial charge in [0.05, 0.1) is 12.6 Å². The quantitative estimate of drug-likeness (QED) is 0.310. The zero-order chi connectivity index (χ0) is 20.7. The van der Waals surface area contributed by atoms with Gasteiger partial charge in [0.2, 0.25) is 5.91 Å². The molecule has 1 unspecified atom stereocenters. The Labute approximate surface area is 173 Å². The highest BCUT2D eigenvalue weighted by atomic mass is 16.5. The third-order valence-corrected chi connectivity index (χ3v) is 4.47. The van der Waals surface area contributed by atoms with Crippen LogP contribution in [0.2, 0.25) is 0 Å². The molecule has 0 aliphatic heterocycles. The fraction of sp³-hybridized carbons (Fsp3) is 0.391. The van der Waals surface area contributed by atoms with Crippen molar-refractivity contribution >= 4 is 11.9 Å². The molecule has 156 valence electrons. The number of hydrogen-bond donors (Lipinski definition) is 3. The van der Waals surface area contributed by atoms with Crippen LogP contribution in [0.4, 0.5) is 0 Å². The van der Waals surface area contributed by atoms with Gasteiger partial charge >= 0.3 is 0 Å². The third kappa shape index (κ3) is 9.25. The second-order valence-electron chi connectivity index (χ2n) is 6.72. The van der Waals surface area contributed by atoms with E-state index in [1.807, 2.05) is 36.4 Å². The van der Waals surface area contributed by atoms with Crippen molar-refractivity contribution in [2.45, 2.75) is 25.9 Å². The molecule has 0 aliphatic rings. The molecule has 3 N–H and O–H groups in total. The van der Waals surface area contributed by atoms with E-state index in [9.17, 15) is 4.79 Å². The van der Waals surface area contributed by atoms with E-state index < -0.39 is 0 Å². The first-order valence-electron chi connectivity index (χ1n) is 10.1. The van der Waals surface area contributed by atoms with E-state index in [2.05, 4.69) is 52.1 Å². The number of hydrogen-bond acceptors (Lipinski definition) is 3. The molecule has 1 atom stereocenters. The van der Waals surface area contributed by atoms with Crippen molar-refractivity contribution in [3.05, 3.63) is 71.8 Å². The van der Waals surface area contributed by atoms with Crippen LogP contribution in [0.25, 0.3) is 0 Å². The van der Waals surface area contributed by atoms with Gasteiger partial charge in [0, 0.05) is 26.7 Å². The first-order valence-corrected chi connectivity index (χ1v) is 10.1. The number of nitrogens with one attached hydrogen (secondary N) is 3. The molecule has 0 saturated carbocycles. The second kappa shape index (κ2) is 13.3. The summed E-state index contributed by atoms with van der Waals surface area (Å²) in [6, 6.07) is 20.3. The Bertz CT molecular complexity index is 735. The summed E-state index contributed by atoms with van der Waals surface area (Å²) in [5.74, 6) is 0.559. The number of carbonyl (C=O) groups is 1. The summed E-state index contributed by atoms with van der Waals surface area (Å²) in [6.45, 7) is 4.24. The lowest BCUT2D eigenvalue weighted by molar-refractivity contribution is -0.119. The van der Waals surface area contributed by atoms with Crippen LogP contribution >= 0.6 is 0 Å². The van der Waals surface area contributed by atoms with Crippen LogP contribution in [-0.2, 0) is 16.0 Å². The molecule has 0 aliphatic carbocycles. The molecule has 0 saturated heterocycles. The van der Waals surface area contributed by atoms with E-state index in [0.717, 1.165) is 19.4 Å². The Kier molecular flexibility index (Phi) is 10.3. The molecular weight excluding hydrogens is 364 g/mol. The largest absolute Gasteiger partial charge is 0.374 e. The number of amides is 1. The van der Waals surface area contributed by atoms with Gasteiger partial charge in [-0.3, -0.25) is 9.79 Å². The molecule has 0 heterocycles. The average Bonchev–Trinajstić information content (AvgIpc) is 2.76. The molecule has 6 heteroatoms. The summed E-state index contributed by atoms with van der Waals surface area (Å²) >= 11 is 0.